The summed E-state index contributed by atoms with van der Waals surface area (Å²) < 4.78 is 48.6. The van der Waals surface area contributed by atoms with Crippen molar-refractivity contribution in [2.75, 3.05) is 5.75 Å². The number of fused-ring (bicyclic) bond motifs is 1. The first-order valence-corrected chi connectivity index (χ1v) is 10.4. The molecule has 2 aromatic rings. The highest BCUT2D eigenvalue weighted by Gasteiger charge is 2.20. The smallest absolute Gasteiger partial charge is 0.263 e. The number of hydrogen-bond acceptors (Lipinski definition) is 4. The molecule has 2 rings (SSSR count). The van der Waals surface area contributed by atoms with E-state index in [0.717, 1.165) is 0 Å². The van der Waals surface area contributed by atoms with Crippen molar-refractivity contribution in [3.05, 3.63) is 30.5 Å². The molecule has 0 fully saturated rings. The fourth-order valence-electron chi connectivity index (χ4n) is 2.05. The monoisotopic (exact) mass is 349 g/mol. The maximum Gasteiger partial charge on any atom is 0.263 e. The predicted octanol–water partition coefficient (Wildman–Crippen LogP) is 2.39. The maximum atomic E-state index is 11.9. The highest BCUT2D eigenvalue weighted by atomic mass is 35.7. The molecule has 116 valence electrons. The van der Waals surface area contributed by atoms with E-state index in [1.54, 1.807) is 42.7 Å². The average Bonchev–Trinajstić information content (AvgIpc) is 2.75. The fraction of sp³-hybridized carbons (Fsp3) is 0.385. The Morgan fingerprint density at radius 2 is 1.76 bits per heavy atom. The summed E-state index contributed by atoms with van der Waals surface area (Å²) in [5.74, 6) is -0.0505. The van der Waals surface area contributed by atoms with Gasteiger partial charge in [-0.2, -0.15) is 0 Å². The van der Waals surface area contributed by atoms with Crippen molar-refractivity contribution in [1.82, 2.24) is 4.57 Å². The van der Waals surface area contributed by atoms with Gasteiger partial charge in [0.2, 0.25) is 0 Å². The second kappa shape index (κ2) is 5.62. The standard InChI is InChI=1S/C13H16ClNO4S2/c1-10(2)20(16,17)8-7-15-9-13(21(14,18)19)11-5-3-4-6-12(11)15/h3-6,9-10H,7-8H2,1-2H3. The van der Waals surface area contributed by atoms with Crippen molar-refractivity contribution in [1.29, 1.82) is 0 Å². The molecule has 5 nitrogen and oxygen atoms in total. The molecule has 0 saturated heterocycles. The van der Waals surface area contributed by atoms with Gasteiger partial charge >= 0.3 is 0 Å². The summed E-state index contributed by atoms with van der Waals surface area (Å²) in [6.45, 7) is 3.43. The van der Waals surface area contributed by atoms with Gasteiger partial charge in [0.05, 0.1) is 11.0 Å². The van der Waals surface area contributed by atoms with Crippen LogP contribution in [0.15, 0.2) is 35.4 Å². The van der Waals surface area contributed by atoms with E-state index in [9.17, 15) is 16.8 Å². The fourth-order valence-corrected chi connectivity index (χ4v) is 4.03. The van der Waals surface area contributed by atoms with Crippen molar-refractivity contribution in [3.63, 3.8) is 0 Å². The minimum absolute atomic E-state index is 0.00158. The topological polar surface area (TPSA) is 73.2 Å². The number of para-hydroxylation sites is 1. The first-order chi connectivity index (χ1) is 9.63. The molecule has 8 heteroatoms. The normalized spacial score (nSPS) is 13.1. The predicted molar refractivity (Wildman–Crippen MR) is 83.9 cm³/mol. The third kappa shape index (κ3) is 3.41. The third-order valence-electron chi connectivity index (χ3n) is 3.35. The molecule has 0 aliphatic rings. The van der Waals surface area contributed by atoms with Gasteiger partial charge < -0.3 is 4.57 Å². The molecule has 0 atom stereocenters. The maximum absolute atomic E-state index is 11.9. The van der Waals surface area contributed by atoms with E-state index < -0.39 is 24.1 Å². The van der Waals surface area contributed by atoms with Gasteiger partial charge in [0, 0.05) is 34.3 Å². The largest absolute Gasteiger partial charge is 0.345 e. The second-order valence-electron chi connectivity index (χ2n) is 5.06. The van der Waals surface area contributed by atoms with Gasteiger partial charge in [-0.25, -0.2) is 16.8 Å². The van der Waals surface area contributed by atoms with E-state index >= 15 is 0 Å². The number of aryl methyl sites for hydroxylation is 1. The first-order valence-electron chi connectivity index (χ1n) is 6.37. The Kier molecular flexibility index (Phi) is 4.37. The molecule has 1 heterocycles. The van der Waals surface area contributed by atoms with Gasteiger partial charge in [-0.3, -0.25) is 0 Å². The first kappa shape index (κ1) is 16.3. The SMILES string of the molecule is CC(C)S(=O)(=O)CCn1cc(S(=O)(=O)Cl)c2ccccc21. The number of hydrogen-bond donors (Lipinski definition) is 0. The molecular formula is C13H16ClNO4S2. The quantitative estimate of drug-likeness (QED) is 0.777. The van der Waals surface area contributed by atoms with Crippen molar-refractivity contribution in [3.8, 4) is 0 Å². The van der Waals surface area contributed by atoms with Crippen LogP contribution in [0.3, 0.4) is 0 Å². The van der Waals surface area contributed by atoms with Crippen LogP contribution in [-0.2, 0) is 25.4 Å². The number of nitrogens with zero attached hydrogens (tertiary/aromatic N) is 1. The van der Waals surface area contributed by atoms with Crippen molar-refractivity contribution >= 4 is 40.5 Å². The summed E-state index contributed by atoms with van der Waals surface area (Å²) in [5, 5.41) is 0.0324. The number of aromatic nitrogens is 1. The van der Waals surface area contributed by atoms with Crippen LogP contribution in [0.5, 0.6) is 0 Å². The van der Waals surface area contributed by atoms with E-state index in [4.69, 9.17) is 10.7 Å². The third-order valence-corrected chi connectivity index (χ3v) is 6.89. The summed E-state index contributed by atoms with van der Waals surface area (Å²) >= 11 is 0. The van der Waals surface area contributed by atoms with Gasteiger partial charge in [-0.15, -0.1) is 0 Å². The zero-order valence-corrected chi connectivity index (χ0v) is 14.0. The zero-order valence-electron chi connectivity index (χ0n) is 11.7. The summed E-state index contributed by atoms with van der Waals surface area (Å²) in [4.78, 5) is 0.00158. The van der Waals surface area contributed by atoms with Gasteiger partial charge in [0.1, 0.15) is 4.90 Å². The Morgan fingerprint density at radius 3 is 2.33 bits per heavy atom. The van der Waals surface area contributed by atoms with E-state index in [2.05, 4.69) is 0 Å². The molecule has 0 aliphatic carbocycles. The molecule has 0 spiro atoms. The Labute approximate surface area is 128 Å². The molecule has 0 radical (unpaired) electrons. The highest BCUT2D eigenvalue weighted by molar-refractivity contribution is 8.14. The van der Waals surface area contributed by atoms with Crippen molar-refractivity contribution < 1.29 is 16.8 Å². The van der Waals surface area contributed by atoms with Crippen LogP contribution >= 0.6 is 10.7 Å². The van der Waals surface area contributed by atoms with Gasteiger partial charge in [0.15, 0.2) is 9.84 Å². The van der Waals surface area contributed by atoms with E-state index in [0.29, 0.717) is 10.9 Å². The number of halogens is 1. The summed E-state index contributed by atoms with van der Waals surface area (Å²) in [6, 6.07) is 6.87. The van der Waals surface area contributed by atoms with E-state index in [1.165, 1.54) is 6.20 Å². The van der Waals surface area contributed by atoms with Crippen LogP contribution in [-0.4, -0.2) is 32.4 Å². The van der Waals surface area contributed by atoms with Crippen LogP contribution in [0.25, 0.3) is 10.9 Å². The second-order valence-corrected chi connectivity index (χ2v) is 10.3. The lowest BCUT2D eigenvalue weighted by Crippen LogP contribution is -2.20. The molecule has 1 aromatic heterocycles. The lowest BCUT2D eigenvalue weighted by Gasteiger charge is -2.09. The lowest BCUT2D eigenvalue weighted by atomic mass is 10.2. The Bertz CT molecular complexity index is 867. The van der Waals surface area contributed by atoms with Crippen LogP contribution in [0.2, 0.25) is 0 Å². The molecule has 21 heavy (non-hydrogen) atoms. The minimum atomic E-state index is -3.88. The van der Waals surface area contributed by atoms with Crippen molar-refractivity contribution in [2.45, 2.75) is 30.5 Å². The summed E-state index contributed by atoms with van der Waals surface area (Å²) in [7, 11) is -1.64. The highest BCUT2D eigenvalue weighted by Crippen LogP contribution is 2.27. The number of sulfone groups is 1. The summed E-state index contributed by atoms with van der Waals surface area (Å²) in [5.41, 5.74) is 0.649. The van der Waals surface area contributed by atoms with Crippen LogP contribution < -0.4 is 0 Å². The molecule has 0 amide bonds. The molecule has 0 saturated carbocycles. The van der Waals surface area contributed by atoms with E-state index in [-0.39, 0.29) is 17.2 Å². The van der Waals surface area contributed by atoms with Gasteiger partial charge in [-0.05, 0) is 19.9 Å². The minimum Gasteiger partial charge on any atom is -0.345 e. The van der Waals surface area contributed by atoms with Crippen molar-refractivity contribution in [2.24, 2.45) is 0 Å². The van der Waals surface area contributed by atoms with Crippen LogP contribution in [0.1, 0.15) is 13.8 Å². The zero-order chi connectivity index (χ0) is 15.8. The molecule has 0 N–H and O–H groups in total. The molecule has 1 aromatic carbocycles. The molecule has 0 bridgehead atoms. The van der Waals surface area contributed by atoms with Crippen LogP contribution in [0, 0.1) is 0 Å². The van der Waals surface area contributed by atoms with E-state index in [1.807, 2.05) is 0 Å². The lowest BCUT2D eigenvalue weighted by molar-refractivity contribution is 0.581. The number of rotatable bonds is 5. The molecule has 0 unspecified atom stereocenters. The average molecular weight is 350 g/mol. The summed E-state index contributed by atoms with van der Waals surface area (Å²) in [6.07, 6.45) is 1.39. The van der Waals surface area contributed by atoms with Gasteiger partial charge in [0.25, 0.3) is 9.05 Å². The molecule has 0 aliphatic heterocycles. The Hall–Kier alpha value is -1.05. The Morgan fingerprint density at radius 1 is 1.14 bits per heavy atom. The number of benzene rings is 1. The van der Waals surface area contributed by atoms with Crippen LogP contribution in [0.4, 0.5) is 0 Å². The Balaban J connectivity index is 2.47. The van der Waals surface area contributed by atoms with Gasteiger partial charge in [-0.1, -0.05) is 18.2 Å². The molecular weight excluding hydrogens is 334 g/mol.